The summed E-state index contributed by atoms with van der Waals surface area (Å²) in [5.41, 5.74) is 1.17. The Hall–Kier alpha value is -2.54. The first-order valence-corrected chi connectivity index (χ1v) is 9.34. The van der Waals surface area contributed by atoms with E-state index in [9.17, 15) is 18.0 Å². The molecule has 27 heavy (non-hydrogen) atoms. The van der Waals surface area contributed by atoms with Gasteiger partial charge in [0.25, 0.3) is 0 Å². The van der Waals surface area contributed by atoms with Gasteiger partial charge < -0.3 is 5.32 Å². The summed E-state index contributed by atoms with van der Waals surface area (Å²) in [6.45, 7) is 0.820. The highest BCUT2D eigenvalue weighted by Gasteiger charge is 2.29. The second-order valence-electron chi connectivity index (χ2n) is 5.91. The fourth-order valence-corrected chi connectivity index (χ4v) is 3.27. The molecule has 0 aromatic heterocycles. The highest BCUT2D eigenvalue weighted by molar-refractivity contribution is 8.14. The number of anilines is 1. The number of aliphatic imine (C=N–C) groups is 1. The molecule has 140 valence electrons. The number of hydrogen-bond donors (Lipinski definition) is 1. The molecule has 3 rings (SSSR count). The lowest BCUT2D eigenvalue weighted by Crippen LogP contribution is -2.13. The molecule has 1 aliphatic heterocycles. The summed E-state index contributed by atoms with van der Waals surface area (Å²) in [6.07, 6.45) is -0.432. The van der Waals surface area contributed by atoms with Crippen molar-refractivity contribution in [2.24, 2.45) is 4.99 Å². The van der Waals surface area contributed by atoms with Crippen LogP contribution in [0.2, 0.25) is 0 Å². The number of nitrogens with one attached hydrogen (secondary N) is 1. The van der Waals surface area contributed by atoms with E-state index in [0.717, 1.165) is 41.7 Å². The molecule has 0 atom stereocenters. The molecule has 0 aliphatic carbocycles. The van der Waals surface area contributed by atoms with Crippen molar-refractivity contribution < 1.29 is 18.0 Å². The molecular formula is C20H17F3N2OS. The summed E-state index contributed by atoms with van der Waals surface area (Å²) >= 11 is 1.67. The van der Waals surface area contributed by atoms with Gasteiger partial charge in [-0.15, -0.1) is 0 Å². The highest BCUT2D eigenvalue weighted by Crippen LogP contribution is 2.29. The molecule has 1 heterocycles. The van der Waals surface area contributed by atoms with Crippen molar-refractivity contribution in [2.75, 3.05) is 17.6 Å². The van der Waals surface area contributed by atoms with E-state index < -0.39 is 11.7 Å². The van der Waals surface area contributed by atoms with Crippen molar-refractivity contribution in [1.82, 2.24) is 0 Å². The number of halogens is 3. The number of benzene rings is 2. The number of allylic oxidation sites excluding steroid dienone is 1. The van der Waals surface area contributed by atoms with Crippen molar-refractivity contribution in [3.05, 3.63) is 71.3 Å². The Labute approximate surface area is 159 Å². The topological polar surface area (TPSA) is 41.5 Å². The monoisotopic (exact) mass is 390 g/mol. The Kier molecular flexibility index (Phi) is 6.01. The van der Waals surface area contributed by atoms with Crippen LogP contribution in [0.15, 0.2) is 59.6 Å². The fraction of sp³-hybridized carbons (Fsp3) is 0.200. The number of thioether (sulfide) groups is 1. The van der Waals surface area contributed by atoms with Crippen molar-refractivity contribution in [1.29, 1.82) is 0 Å². The van der Waals surface area contributed by atoms with Crippen molar-refractivity contribution in [3.8, 4) is 0 Å². The molecular weight excluding hydrogens is 373 g/mol. The normalized spacial score (nSPS) is 14.9. The maximum atomic E-state index is 12.5. The average Bonchev–Trinajstić information content (AvgIpc) is 2.67. The van der Waals surface area contributed by atoms with E-state index in [1.807, 2.05) is 0 Å². The standard InChI is InChI=1S/C20H17F3N2OS/c21-20(22,23)16-7-2-14(3-8-16)4-11-18(26)15-5-9-17(10-6-15)25-19-24-12-1-13-27-19/h2-11H,1,12-13H2,(H,24,25)/b11-4+. The van der Waals surface area contributed by atoms with Crippen LogP contribution in [0.4, 0.5) is 18.9 Å². The molecule has 2 aromatic rings. The van der Waals surface area contributed by atoms with Crippen LogP contribution >= 0.6 is 11.8 Å². The van der Waals surface area contributed by atoms with Gasteiger partial charge in [-0.05, 0) is 54.5 Å². The van der Waals surface area contributed by atoms with Crippen LogP contribution in [-0.2, 0) is 6.18 Å². The quantitative estimate of drug-likeness (QED) is 0.553. The summed E-state index contributed by atoms with van der Waals surface area (Å²) in [4.78, 5) is 16.6. The fourth-order valence-electron chi connectivity index (χ4n) is 2.43. The number of nitrogens with zero attached hydrogens (tertiary/aromatic N) is 1. The van der Waals surface area contributed by atoms with Gasteiger partial charge >= 0.3 is 6.18 Å². The van der Waals surface area contributed by atoms with E-state index in [2.05, 4.69) is 10.3 Å². The predicted molar refractivity (Wildman–Crippen MR) is 104 cm³/mol. The van der Waals surface area contributed by atoms with E-state index in [0.29, 0.717) is 11.1 Å². The largest absolute Gasteiger partial charge is 0.416 e. The zero-order valence-electron chi connectivity index (χ0n) is 14.3. The third-order valence-corrected chi connectivity index (χ3v) is 4.88. The number of amidine groups is 1. The maximum absolute atomic E-state index is 12.5. The predicted octanol–water partition coefficient (Wildman–Crippen LogP) is 5.51. The van der Waals surface area contributed by atoms with Gasteiger partial charge in [0.2, 0.25) is 0 Å². The zero-order chi connectivity index (χ0) is 19.3. The first-order chi connectivity index (χ1) is 12.9. The third kappa shape index (κ3) is 5.47. The molecule has 1 aliphatic rings. The molecule has 1 N–H and O–H groups in total. The maximum Gasteiger partial charge on any atom is 0.416 e. The molecule has 0 bridgehead atoms. The number of rotatable bonds is 4. The lowest BCUT2D eigenvalue weighted by Gasteiger charge is -2.13. The van der Waals surface area contributed by atoms with Gasteiger partial charge in [-0.3, -0.25) is 9.79 Å². The summed E-state index contributed by atoms with van der Waals surface area (Å²) in [5.74, 6) is 0.822. The highest BCUT2D eigenvalue weighted by atomic mass is 32.2. The molecule has 0 amide bonds. The smallest absolute Gasteiger partial charge is 0.335 e. The van der Waals surface area contributed by atoms with Gasteiger partial charge in [0.05, 0.1) is 5.56 Å². The van der Waals surface area contributed by atoms with Crippen molar-refractivity contribution in [2.45, 2.75) is 12.6 Å². The Balaban J connectivity index is 1.62. The first-order valence-electron chi connectivity index (χ1n) is 8.36. The number of hydrogen-bond acceptors (Lipinski definition) is 4. The van der Waals surface area contributed by atoms with Gasteiger partial charge in [-0.2, -0.15) is 13.2 Å². The minimum absolute atomic E-state index is 0.217. The first kappa shape index (κ1) is 19.2. The lowest BCUT2D eigenvalue weighted by atomic mass is 10.1. The Morgan fingerprint density at radius 2 is 1.78 bits per heavy atom. The molecule has 3 nitrogen and oxygen atoms in total. The van der Waals surface area contributed by atoms with Gasteiger partial charge in [-0.25, -0.2) is 0 Å². The average molecular weight is 390 g/mol. The number of alkyl halides is 3. The number of carbonyl (C=O) groups excluding carboxylic acids is 1. The van der Waals surface area contributed by atoms with Crippen LogP contribution in [0, 0.1) is 0 Å². The van der Waals surface area contributed by atoms with Gasteiger partial charge in [0.1, 0.15) is 0 Å². The van der Waals surface area contributed by atoms with E-state index in [4.69, 9.17) is 0 Å². The second-order valence-corrected chi connectivity index (χ2v) is 6.99. The van der Waals surface area contributed by atoms with Crippen LogP contribution in [0.5, 0.6) is 0 Å². The molecule has 0 fully saturated rings. The summed E-state index contributed by atoms with van der Waals surface area (Å²) in [6, 6.07) is 11.7. The Bertz CT molecular complexity index is 856. The van der Waals surface area contributed by atoms with E-state index in [-0.39, 0.29) is 5.78 Å². The summed E-state index contributed by atoms with van der Waals surface area (Å²) in [7, 11) is 0. The molecule has 2 aromatic carbocycles. The molecule has 0 saturated heterocycles. The molecule has 0 unspecified atom stereocenters. The summed E-state index contributed by atoms with van der Waals surface area (Å²) < 4.78 is 37.6. The minimum atomic E-state index is -4.37. The lowest BCUT2D eigenvalue weighted by molar-refractivity contribution is -0.137. The zero-order valence-corrected chi connectivity index (χ0v) is 15.1. The Morgan fingerprint density at radius 1 is 1.07 bits per heavy atom. The Morgan fingerprint density at radius 3 is 2.37 bits per heavy atom. The van der Waals surface area contributed by atoms with Crippen LogP contribution in [0.3, 0.4) is 0 Å². The van der Waals surface area contributed by atoms with Gasteiger partial charge in [0.15, 0.2) is 11.0 Å². The SMILES string of the molecule is O=C(/C=C/c1ccc(C(F)(F)F)cc1)c1ccc(NC2=NCCCS2)cc1. The molecule has 0 spiro atoms. The van der Waals surface area contributed by atoms with Crippen molar-refractivity contribution >= 4 is 34.5 Å². The van der Waals surface area contributed by atoms with Crippen LogP contribution < -0.4 is 5.32 Å². The van der Waals surface area contributed by atoms with E-state index in [1.165, 1.54) is 24.3 Å². The molecule has 0 radical (unpaired) electrons. The minimum Gasteiger partial charge on any atom is -0.335 e. The van der Waals surface area contributed by atoms with Crippen molar-refractivity contribution in [3.63, 3.8) is 0 Å². The number of carbonyl (C=O) groups is 1. The molecule has 7 heteroatoms. The summed E-state index contributed by atoms with van der Waals surface area (Å²) in [5, 5.41) is 4.09. The second kappa shape index (κ2) is 8.43. The van der Waals surface area contributed by atoms with Crippen LogP contribution in [-0.4, -0.2) is 23.2 Å². The third-order valence-electron chi connectivity index (χ3n) is 3.88. The van der Waals surface area contributed by atoms with Crippen LogP contribution in [0.1, 0.15) is 27.9 Å². The number of ketones is 1. The van der Waals surface area contributed by atoms with Gasteiger partial charge in [0, 0.05) is 23.5 Å². The van der Waals surface area contributed by atoms with Crippen LogP contribution in [0.25, 0.3) is 6.08 Å². The molecule has 0 saturated carbocycles. The van der Waals surface area contributed by atoms with Gasteiger partial charge in [-0.1, -0.05) is 30.0 Å². The van der Waals surface area contributed by atoms with E-state index >= 15 is 0 Å². The van der Waals surface area contributed by atoms with E-state index in [1.54, 1.807) is 36.0 Å².